The molecule has 3 aliphatic heterocycles. The van der Waals surface area contributed by atoms with E-state index in [9.17, 15) is 35.4 Å². The van der Waals surface area contributed by atoms with E-state index < -0.39 is 73.9 Å². The minimum Gasteiger partial charge on any atom is -0.547 e. The van der Waals surface area contributed by atoms with E-state index in [1.54, 1.807) is 0 Å². The zero-order chi connectivity index (χ0) is 19.2. The van der Waals surface area contributed by atoms with Gasteiger partial charge in [-0.25, -0.2) is 4.99 Å². The number of carbonyl (C=O) groups excluding carboxylic acids is 1. The Morgan fingerprint density at radius 3 is 2.41 bits per heavy atom. The van der Waals surface area contributed by atoms with Gasteiger partial charge in [0.1, 0.15) is 48.8 Å². The van der Waals surface area contributed by atoms with Crippen LogP contribution in [0.15, 0.2) is 4.99 Å². The molecule has 3 heterocycles. The Morgan fingerprint density at radius 1 is 1.15 bits per heavy atom. The Kier molecular flexibility index (Phi) is 7.61. The number of aliphatic hydroxyl groups excluding tert-OH is 5. The topological polar surface area (TPSA) is 191 Å². The van der Waals surface area contributed by atoms with E-state index in [1.165, 1.54) is 6.92 Å². The van der Waals surface area contributed by atoms with Crippen molar-refractivity contribution < 1.29 is 83.9 Å². The van der Waals surface area contributed by atoms with E-state index >= 15 is 0 Å². The van der Waals surface area contributed by atoms with Gasteiger partial charge in [0, 0.05) is 6.92 Å². The fourth-order valence-electron chi connectivity index (χ4n) is 3.16. The molecule has 0 aromatic heterocycles. The molecule has 0 aliphatic carbocycles. The molecule has 0 saturated carbocycles. The van der Waals surface area contributed by atoms with Crippen molar-refractivity contribution in [2.45, 2.75) is 68.3 Å². The molecule has 27 heavy (non-hydrogen) atoms. The summed E-state index contributed by atoms with van der Waals surface area (Å²) < 4.78 is 21.2. The average molecular weight is 401 g/mol. The molecular weight excluding hydrogens is 381 g/mol. The standard InChI is InChI=1S/C14H21NO11.Na/c1-3-15-5-10(6(17)4(2-16)24-13(5)23-3)25-14-9(20)7(18)8(19)11(26-14)12(21)22;/h4-11,13-14,16-20H,2H2,1H3,(H,21,22);/q;+1/p-1/t4-,5-,6+,7+,8+,9-,10-,11+,13+,14-;/m1./s1. The van der Waals surface area contributed by atoms with Crippen LogP contribution in [0.4, 0.5) is 0 Å². The van der Waals surface area contributed by atoms with Crippen molar-refractivity contribution in [2.24, 2.45) is 4.99 Å². The Labute approximate surface area is 175 Å². The molecule has 0 aromatic carbocycles. The summed E-state index contributed by atoms with van der Waals surface area (Å²) in [6, 6.07) is -0.881. The number of aliphatic imine (C=N–C) groups is 1. The van der Waals surface area contributed by atoms with Gasteiger partial charge in [0.25, 0.3) is 0 Å². The zero-order valence-electron chi connectivity index (χ0n) is 14.6. The molecule has 5 N–H and O–H groups in total. The molecule has 0 spiro atoms. The van der Waals surface area contributed by atoms with Crippen molar-refractivity contribution in [1.29, 1.82) is 0 Å². The summed E-state index contributed by atoms with van der Waals surface area (Å²) in [4.78, 5) is 15.2. The van der Waals surface area contributed by atoms with Crippen LogP contribution in [0.5, 0.6) is 0 Å². The molecule has 0 bridgehead atoms. The van der Waals surface area contributed by atoms with E-state index in [-0.39, 0.29) is 35.5 Å². The van der Waals surface area contributed by atoms with Crippen LogP contribution in [-0.2, 0) is 23.7 Å². The van der Waals surface area contributed by atoms with Crippen molar-refractivity contribution in [3.8, 4) is 0 Å². The minimum atomic E-state index is -1.95. The van der Waals surface area contributed by atoms with Gasteiger partial charge in [-0.1, -0.05) is 0 Å². The average Bonchev–Trinajstić information content (AvgIpc) is 2.96. The number of carbonyl (C=O) groups is 1. The molecule has 0 amide bonds. The fourth-order valence-corrected chi connectivity index (χ4v) is 3.16. The number of hydrogen-bond donors (Lipinski definition) is 5. The summed E-state index contributed by atoms with van der Waals surface area (Å²) in [7, 11) is 0. The molecule has 0 radical (unpaired) electrons. The first-order valence-corrected chi connectivity index (χ1v) is 7.96. The first-order chi connectivity index (χ1) is 12.2. The number of carboxylic acids is 1. The molecule has 13 heteroatoms. The Balaban J connectivity index is 0.00000261. The summed E-state index contributed by atoms with van der Waals surface area (Å²) >= 11 is 0. The van der Waals surface area contributed by atoms with Crippen molar-refractivity contribution in [2.75, 3.05) is 6.61 Å². The van der Waals surface area contributed by atoms with Gasteiger partial charge in [0.05, 0.1) is 12.6 Å². The smallest absolute Gasteiger partial charge is 0.547 e. The van der Waals surface area contributed by atoms with Gasteiger partial charge < -0.3 is 54.4 Å². The third-order valence-corrected chi connectivity index (χ3v) is 4.53. The van der Waals surface area contributed by atoms with Gasteiger partial charge in [-0.05, 0) is 0 Å². The van der Waals surface area contributed by atoms with Crippen LogP contribution in [0, 0.1) is 0 Å². The summed E-state index contributed by atoms with van der Waals surface area (Å²) in [5, 5.41) is 60.3. The molecule has 2 saturated heterocycles. The Bertz CT molecular complexity index is 577. The van der Waals surface area contributed by atoms with E-state index in [4.69, 9.17) is 18.9 Å². The second kappa shape index (κ2) is 8.97. The molecule has 3 rings (SSSR count). The second-order valence-electron chi connectivity index (χ2n) is 6.29. The monoisotopic (exact) mass is 401 g/mol. The van der Waals surface area contributed by atoms with Gasteiger partial charge in [-0.15, -0.1) is 0 Å². The predicted octanol–water partition coefficient (Wildman–Crippen LogP) is -8.17. The number of ether oxygens (including phenoxy) is 4. The van der Waals surface area contributed by atoms with E-state index in [1.807, 2.05) is 0 Å². The molecule has 0 aromatic rings. The molecule has 148 valence electrons. The molecule has 10 atom stereocenters. The van der Waals surface area contributed by atoms with Gasteiger partial charge in [-0.2, -0.15) is 0 Å². The van der Waals surface area contributed by atoms with E-state index in [0.29, 0.717) is 0 Å². The molecule has 2 fully saturated rings. The van der Waals surface area contributed by atoms with Gasteiger partial charge >= 0.3 is 29.6 Å². The number of hydrogen-bond acceptors (Lipinski definition) is 12. The Hall–Kier alpha value is -0.380. The first-order valence-electron chi connectivity index (χ1n) is 7.96. The number of aliphatic carboxylic acids is 1. The number of nitrogens with zero attached hydrogens (tertiary/aromatic N) is 1. The summed E-state index contributed by atoms with van der Waals surface area (Å²) in [6.45, 7) is 0.973. The van der Waals surface area contributed by atoms with Crippen LogP contribution in [0.1, 0.15) is 6.92 Å². The van der Waals surface area contributed by atoms with E-state index in [0.717, 1.165) is 0 Å². The van der Waals surface area contributed by atoms with Crippen LogP contribution in [0.2, 0.25) is 0 Å². The third-order valence-electron chi connectivity index (χ3n) is 4.53. The van der Waals surface area contributed by atoms with Crippen molar-refractivity contribution in [3.05, 3.63) is 0 Å². The number of aliphatic hydroxyl groups is 5. The molecule has 3 aliphatic rings. The van der Waals surface area contributed by atoms with Gasteiger partial charge in [-0.3, -0.25) is 0 Å². The van der Waals surface area contributed by atoms with Crippen LogP contribution >= 0.6 is 0 Å². The maximum Gasteiger partial charge on any atom is 1.00 e. The van der Waals surface area contributed by atoms with Crippen LogP contribution in [0.3, 0.4) is 0 Å². The number of fused-ring (bicyclic) bond motifs is 1. The molecular formula is C14H20NNaO11. The van der Waals surface area contributed by atoms with Crippen LogP contribution < -0.4 is 34.7 Å². The van der Waals surface area contributed by atoms with Crippen molar-refractivity contribution in [1.82, 2.24) is 0 Å². The second-order valence-corrected chi connectivity index (χ2v) is 6.29. The summed E-state index contributed by atoms with van der Waals surface area (Å²) in [6.07, 6.45) is -14.0. The van der Waals surface area contributed by atoms with Crippen molar-refractivity contribution >= 4 is 11.9 Å². The number of rotatable bonds is 4. The van der Waals surface area contributed by atoms with Gasteiger partial charge in [0.2, 0.25) is 6.29 Å². The molecule has 12 nitrogen and oxygen atoms in total. The first kappa shape index (κ1) is 22.9. The van der Waals surface area contributed by atoms with Crippen LogP contribution in [0.25, 0.3) is 0 Å². The predicted molar refractivity (Wildman–Crippen MR) is 76.3 cm³/mol. The fraction of sp³-hybridized carbons (Fsp3) is 0.857. The third kappa shape index (κ3) is 4.31. The SMILES string of the molecule is CC1=N[C@H]2[C@@H](O1)O[C@H](CO)[C@H](O)[C@@H]2O[C@@H]1O[C@H](C(=O)[O-])[C@@H](O)[C@H](O)[C@H]1O.[Na+]. The Morgan fingerprint density at radius 2 is 1.81 bits per heavy atom. The normalized spacial score (nSPS) is 46.7. The summed E-state index contributed by atoms with van der Waals surface area (Å²) in [5.74, 6) is -1.57. The minimum absolute atomic E-state index is 0. The number of carboxylic acid groups (broad SMARTS) is 1. The maximum absolute atomic E-state index is 11.1. The van der Waals surface area contributed by atoms with Gasteiger partial charge in [0.15, 0.2) is 12.2 Å². The largest absolute Gasteiger partial charge is 1.00 e. The zero-order valence-corrected chi connectivity index (χ0v) is 16.6. The van der Waals surface area contributed by atoms with Crippen molar-refractivity contribution in [3.63, 3.8) is 0 Å². The van der Waals surface area contributed by atoms with E-state index in [2.05, 4.69) is 4.99 Å². The maximum atomic E-state index is 11.1. The quantitative estimate of drug-likeness (QED) is 0.281. The van der Waals surface area contributed by atoms with Crippen LogP contribution in [-0.4, -0.2) is 105 Å². The summed E-state index contributed by atoms with van der Waals surface area (Å²) in [5.41, 5.74) is 0. The molecule has 0 unspecified atom stereocenters.